The number of likely N-dealkylation sites (N-methyl/N-ethyl adjacent to an activating group) is 1. The first-order valence-electron chi connectivity index (χ1n) is 4.68. The number of rotatable bonds is 4. The molecule has 4 nitrogen and oxygen atoms in total. The molecule has 1 aromatic carbocycles. The minimum Gasteiger partial charge on any atom is -0.481 e. The van der Waals surface area contributed by atoms with Crippen LogP contribution in [0.5, 0.6) is 5.75 Å². The van der Waals surface area contributed by atoms with Gasteiger partial charge in [-0.05, 0) is 25.1 Å². The third kappa shape index (κ3) is 3.05. The van der Waals surface area contributed by atoms with Crippen molar-refractivity contribution < 1.29 is 18.7 Å². The maximum atomic E-state index is 13.4. The van der Waals surface area contributed by atoms with E-state index in [9.17, 15) is 14.0 Å². The fraction of sp³-hybridized carbons (Fsp3) is 0.273. The van der Waals surface area contributed by atoms with E-state index in [4.69, 9.17) is 4.74 Å². The quantitative estimate of drug-likeness (QED) is 0.782. The summed E-state index contributed by atoms with van der Waals surface area (Å²) in [4.78, 5) is 21.8. The molecule has 16 heavy (non-hydrogen) atoms. The van der Waals surface area contributed by atoms with Gasteiger partial charge in [0.15, 0.2) is 24.0 Å². The van der Waals surface area contributed by atoms with Gasteiger partial charge in [-0.15, -0.1) is 0 Å². The first kappa shape index (κ1) is 12.2. The van der Waals surface area contributed by atoms with Crippen LogP contribution in [-0.2, 0) is 4.79 Å². The van der Waals surface area contributed by atoms with Crippen molar-refractivity contribution in [1.82, 2.24) is 5.32 Å². The number of amides is 1. The second-order valence-electron chi connectivity index (χ2n) is 3.16. The highest BCUT2D eigenvalue weighted by Crippen LogP contribution is 2.18. The lowest BCUT2D eigenvalue weighted by atomic mass is 10.1. The SMILES string of the molecule is CNC(=O)COc1ccc(C(C)=O)cc1F. The van der Waals surface area contributed by atoms with E-state index in [1.54, 1.807) is 0 Å². The predicted molar refractivity (Wildman–Crippen MR) is 56.0 cm³/mol. The predicted octanol–water partition coefficient (Wildman–Crippen LogP) is 1.15. The molecular weight excluding hydrogens is 213 g/mol. The van der Waals surface area contributed by atoms with Gasteiger partial charge in [0.2, 0.25) is 0 Å². The molecule has 86 valence electrons. The number of halogens is 1. The van der Waals surface area contributed by atoms with Crippen molar-refractivity contribution in [2.75, 3.05) is 13.7 Å². The number of carbonyl (C=O) groups excluding carboxylic acids is 2. The minimum atomic E-state index is -0.656. The first-order chi connectivity index (χ1) is 7.54. The molecule has 0 saturated heterocycles. The highest BCUT2D eigenvalue weighted by atomic mass is 19.1. The number of ether oxygens (including phenoxy) is 1. The van der Waals surface area contributed by atoms with E-state index in [1.807, 2.05) is 0 Å². The van der Waals surface area contributed by atoms with Gasteiger partial charge in [-0.2, -0.15) is 0 Å². The average Bonchev–Trinajstić information content (AvgIpc) is 2.26. The second kappa shape index (κ2) is 5.25. The maximum absolute atomic E-state index is 13.4. The fourth-order valence-corrected chi connectivity index (χ4v) is 1.05. The number of nitrogens with one attached hydrogen (secondary N) is 1. The Morgan fingerprint density at radius 1 is 1.44 bits per heavy atom. The fourth-order valence-electron chi connectivity index (χ4n) is 1.05. The molecule has 5 heteroatoms. The zero-order valence-corrected chi connectivity index (χ0v) is 9.04. The van der Waals surface area contributed by atoms with Gasteiger partial charge in [0.05, 0.1) is 0 Å². The Balaban J connectivity index is 2.75. The van der Waals surface area contributed by atoms with E-state index in [0.717, 1.165) is 6.07 Å². The molecule has 0 heterocycles. The Hall–Kier alpha value is -1.91. The molecule has 1 amide bonds. The molecule has 0 aromatic heterocycles. The highest BCUT2D eigenvalue weighted by Gasteiger charge is 2.08. The average molecular weight is 225 g/mol. The Morgan fingerprint density at radius 3 is 2.62 bits per heavy atom. The summed E-state index contributed by atoms with van der Waals surface area (Å²) >= 11 is 0. The van der Waals surface area contributed by atoms with Crippen molar-refractivity contribution in [3.8, 4) is 5.75 Å². The maximum Gasteiger partial charge on any atom is 0.257 e. The molecule has 0 spiro atoms. The van der Waals surface area contributed by atoms with Crippen molar-refractivity contribution >= 4 is 11.7 Å². The van der Waals surface area contributed by atoms with Crippen LogP contribution in [0.15, 0.2) is 18.2 Å². The van der Waals surface area contributed by atoms with E-state index in [0.29, 0.717) is 0 Å². The summed E-state index contributed by atoms with van der Waals surface area (Å²) in [6.45, 7) is 1.09. The van der Waals surface area contributed by atoms with Gasteiger partial charge >= 0.3 is 0 Å². The van der Waals surface area contributed by atoms with Gasteiger partial charge in [-0.3, -0.25) is 9.59 Å². The highest BCUT2D eigenvalue weighted by molar-refractivity contribution is 5.94. The normalized spacial score (nSPS) is 9.69. The molecule has 0 aliphatic rings. The number of ketones is 1. The Kier molecular flexibility index (Phi) is 3.99. The smallest absolute Gasteiger partial charge is 0.257 e. The summed E-state index contributed by atoms with van der Waals surface area (Å²) in [6.07, 6.45) is 0. The number of hydrogen-bond acceptors (Lipinski definition) is 3. The van der Waals surface area contributed by atoms with Crippen LogP contribution in [0.1, 0.15) is 17.3 Å². The van der Waals surface area contributed by atoms with Crippen LogP contribution in [0.25, 0.3) is 0 Å². The lowest BCUT2D eigenvalue weighted by Crippen LogP contribution is -2.25. The lowest BCUT2D eigenvalue weighted by Gasteiger charge is -2.06. The van der Waals surface area contributed by atoms with Gasteiger partial charge in [-0.25, -0.2) is 4.39 Å². The van der Waals surface area contributed by atoms with E-state index >= 15 is 0 Å². The Bertz CT molecular complexity index is 418. The largest absolute Gasteiger partial charge is 0.481 e. The molecule has 0 aliphatic carbocycles. The molecule has 1 aromatic rings. The van der Waals surface area contributed by atoms with Crippen LogP contribution in [-0.4, -0.2) is 25.3 Å². The summed E-state index contributed by atoms with van der Waals surface area (Å²) < 4.78 is 18.3. The van der Waals surface area contributed by atoms with Crippen LogP contribution in [0, 0.1) is 5.82 Å². The van der Waals surface area contributed by atoms with E-state index in [1.165, 1.54) is 26.1 Å². The van der Waals surface area contributed by atoms with Gasteiger partial charge in [0.1, 0.15) is 0 Å². The monoisotopic (exact) mass is 225 g/mol. The van der Waals surface area contributed by atoms with E-state index in [2.05, 4.69) is 5.32 Å². The summed E-state index contributed by atoms with van der Waals surface area (Å²) in [5, 5.41) is 2.34. The molecule has 0 saturated carbocycles. The molecule has 0 radical (unpaired) electrons. The molecule has 0 atom stereocenters. The van der Waals surface area contributed by atoms with Crippen molar-refractivity contribution in [2.24, 2.45) is 0 Å². The molecule has 0 fully saturated rings. The van der Waals surface area contributed by atoms with Gasteiger partial charge < -0.3 is 10.1 Å². The third-order valence-electron chi connectivity index (χ3n) is 1.98. The number of hydrogen-bond donors (Lipinski definition) is 1. The molecular formula is C11H12FNO3. The van der Waals surface area contributed by atoms with Crippen LogP contribution >= 0.6 is 0 Å². The van der Waals surface area contributed by atoms with Crippen molar-refractivity contribution in [1.29, 1.82) is 0 Å². The summed E-state index contributed by atoms with van der Waals surface area (Å²) in [7, 11) is 1.46. The first-order valence-corrected chi connectivity index (χ1v) is 4.68. The molecule has 0 bridgehead atoms. The second-order valence-corrected chi connectivity index (χ2v) is 3.16. The Labute approximate surface area is 92.4 Å². The summed E-state index contributed by atoms with van der Waals surface area (Å²) in [6, 6.07) is 3.86. The number of carbonyl (C=O) groups is 2. The standard InChI is InChI=1S/C11H12FNO3/c1-7(14)8-3-4-10(9(12)5-8)16-6-11(15)13-2/h3-5H,6H2,1-2H3,(H,13,15). The van der Waals surface area contributed by atoms with Crippen LogP contribution in [0.2, 0.25) is 0 Å². The summed E-state index contributed by atoms with van der Waals surface area (Å²) in [5.41, 5.74) is 0.268. The van der Waals surface area contributed by atoms with Crippen LogP contribution < -0.4 is 10.1 Å². The molecule has 1 N–H and O–H groups in total. The van der Waals surface area contributed by atoms with Gasteiger partial charge in [0.25, 0.3) is 5.91 Å². The van der Waals surface area contributed by atoms with Gasteiger partial charge in [0, 0.05) is 12.6 Å². The lowest BCUT2D eigenvalue weighted by molar-refractivity contribution is -0.122. The minimum absolute atomic E-state index is 0.0476. The summed E-state index contributed by atoms with van der Waals surface area (Å²) in [5.74, 6) is -1.28. The van der Waals surface area contributed by atoms with Crippen molar-refractivity contribution in [3.05, 3.63) is 29.6 Å². The number of benzene rings is 1. The van der Waals surface area contributed by atoms with E-state index in [-0.39, 0.29) is 29.6 Å². The molecule has 1 rings (SSSR count). The molecule has 0 aliphatic heterocycles. The van der Waals surface area contributed by atoms with Crippen LogP contribution in [0.4, 0.5) is 4.39 Å². The third-order valence-corrected chi connectivity index (χ3v) is 1.98. The van der Waals surface area contributed by atoms with Crippen molar-refractivity contribution in [3.63, 3.8) is 0 Å². The zero-order valence-electron chi connectivity index (χ0n) is 9.04. The topological polar surface area (TPSA) is 55.4 Å². The van der Waals surface area contributed by atoms with Crippen molar-refractivity contribution in [2.45, 2.75) is 6.92 Å². The zero-order chi connectivity index (χ0) is 12.1. The van der Waals surface area contributed by atoms with Crippen LogP contribution in [0.3, 0.4) is 0 Å². The Morgan fingerprint density at radius 2 is 2.12 bits per heavy atom. The van der Waals surface area contributed by atoms with Gasteiger partial charge in [-0.1, -0.05) is 0 Å². The molecule has 0 unspecified atom stereocenters. The van der Waals surface area contributed by atoms with E-state index < -0.39 is 5.82 Å². The number of Topliss-reactive ketones (excluding diaryl/α,β-unsaturated/α-hetero) is 1.